The van der Waals surface area contributed by atoms with Crippen LogP contribution in [0, 0.1) is 0 Å². The lowest BCUT2D eigenvalue weighted by atomic mass is 9.98. The smallest absolute Gasteiger partial charge is 0.208 e. The van der Waals surface area contributed by atoms with Gasteiger partial charge in [-0.1, -0.05) is 0 Å². The van der Waals surface area contributed by atoms with E-state index in [0.717, 1.165) is 0 Å². The van der Waals surface area contributed by atoms with Gasteiger partial charge in [0.25, 0.3) is 0 Å². The van der Waals surface area contributed by atoms with Gasteiger partial charge in [-0.2, -0.15) is 0 Å². The van der Waals surface area contributed by atoms with Crippen LogP contribution in [0.3, 0.4) is 0 Å². The molecule has 0 aliphatic rings. The summed E-state index contributed by atoms with van der Waals surface area (Å²) in [7, 11) is 0. The fourth-order valence-corrected chi connectivity index (χ4v) is 2.06. The van der Waals surface area contributed by atoms with Crippen molar-refractivity contribution >= 4 is 12.6 Å². The van der Waals surface area contributed by atoms with Gasteiger partial charge in [0.15, 0.2) is 23.0 Å². The van der Waals surface area contributed by atoms with Crippen LogP contribution in [0.4, 0.5) is 0 Å². The van der Waals surface area contributed by atoms with Crippen LogP contribution < -0.4 is 0 Å². The van der Waals surface area contributed by atoms with Gasteiger partial charge in [-0.25, -0.2) is 0 Å². The Hall–Kier alpha value is -3.01. The molecule has 0 spiro atoms. The van der Waals surface area contributed by atoms with E-state index in [2.05, 4.69) is 12.6 Å². The van der Waals surface area contributed by atoms with E-state index in [4.69, 9.17) is 0 Å². The summed E-state index contributed by atoms with van der Waals surface area (Å²) in [5.41, 5.74) is -1.76. The van der Waals surface area contributed by atoms with Crippen molar-refractivity contribution in [2.75, 3.05) is 0 Å². The Balaban J connectivity index is 3.03. The topological polar surface area (TPSA) is 182 Å². The van der Waals surface area contributed by atoms with Gasteiger partial charge in [0.2, 0.25) is 23.0 Å². The molecule has 2 rings (SSSR count). The third kappa shape index (κ3) is 1.81. The van der Waals surface area contributed by atoms with Crippen molar-refractivity contribution in [2.24, 2.45) is 0 Å². The van der Waals surface area contributed by atoms with E-state index in [0.29, 0.717) is 0 Å². The van der Waals surface area contributed by atoms with E-state index in [1.54, 1.807) is 0 Å². The zero-order chi connectivity index (χ0) is 16.9. The molecule has 0 fully saturated rings. The molecule has 9 nitrogen and oxygen atoms in total. The van der Waals surface area contributed by atoms with Gasteiger partial charge in [-0.3, -0.25) is 0 Å². The summed E-state index contributed by atoms with van der Waals surface area (Å²) in [6, 6.07) is 0. The Morgan fingerprint density at radius 3 is 1.05 bits per heavy atom. The standard InChI is InChI=1S/C12H10O9S/c13-3-1(4(14)8(18)10(20)7(3)17)2-5(15)9(19)11(21)12(22)6(2)16/h13-22H. The summed E-state index contributed by atoms with van der Waals surface area (Å²) in [6.45, 7) is 0. The van der Waals surface area contributed by atoms with E-state index in [1.165, 1.54) is 0 Å². The van der Waals surface area contributed by atoms with Crippen LogP contribution in [0.2, 0.25) is 0 Å². The molecule has 0 aliphatic heterocycles. The van der Waals surface area contributed by atoms with Crippen LogP contribution in [-0.4, -0.2) is 46.0 Å². The number of benzene rings is 2. The van der Waals surface area contributed by atoms with Gasteiger partial charge < -0.3 is 46.0 Å². The summed E-state index contributed by atoms with van der Waals surface area (Å²) in [5, 5.41) is 86.4. The van der Waals surface area contributed by atoms with Crippen molar-refractivity contribution in [2.45, 2.75) is 4.90 Å². The van der Waals surface area contributed by atoms with E-state index in [-0.39, 0.29) is 0 Å². The first-order chi connectivity index (χ1) is 10.1. The lowest BCUT2D eigenvalue weighted by molar-refractivity contribution is 0.328. The van der Waals surface area contributed by atoms with Crippen molar-refractivity contribution in [1.29, 1.82) is 0 Å². The lowest BCUT2D eigenvalue weighted by Gasteiger charge is -2.16. The highest BCUT2D eigenvalue weighted by Crippen LogP contribution is 2.61. The largest absolute Gasteiger partial charge is 0.506 e. The zero-order valence-corrected chi connectivity index (χ0v) is 11.4. The molecule has 22 heavy (non-hydrogen) atoms. The monoisotopic (exact) mass is 330 g/mol. The summed E-state index contributed by atoms with van der Waals surface area (Å²) < 4.78 is 0. The Bertz CT molecular complexity index is 675. The van der Waals surface area contributed by atoms with Crippen molar-refractivity contribution in [1.82, 2.24) is 0 Å². The molecular weight excluding hydrogens is 320 g/mol. The molecule has 0 saturated heterocycles. The van der Waals surface area contributed by atoms with Crippen LogP contribution in [0.15, 0.2) is 4.90 Å². The second-order valence-corrected chi connectivity index (χ2v) is 4.68. The third-order valence-electron chi connectivity index (χ3n) is 2.99. The molecule has 10 heteroatoms. The second-order valence-electron chi connectivity index (χ2n) is 4.24. The van der Waals surface area contributed by atoms with E-state index in [9.17, 15) is 46.0 Å². The molecular formula is C12H10O9S. The molecule has 0 atom stereocenters. The van der Waals surface area contributed by atoms with E-state index < -0.39 is 67.8 Å². The molecule has 0 unspecified atom stereocenters. The molecule has 9 N–H and O–H groups in total. The maximum Gasteiger partial charge on any atom is 0.208 e. The van der Waals surface area contributed by atoms with Crippen molar-refractivity contribution in [3.05, 3.63) is 0 Å². The van der Waals surface area contributed by atoms with Crippen molar-refractivity contribution in [3.8, 4) is 62.9 Å². The molecule has 0 amide bonds. The van der Waals surface area contributed by atoms with Crippen LogP contribution in [0.1, 0.15) is 0 Å². The zero-order valence-electron chi connectivity index (χ0n) is 10.5. The maximum absolute atomic E-state index is 9.88. The maximum atomic E-state index is 9.88. The summed E-state index contributed by atoms with van der Waals surface area (Å²) in [5.74, 6) is -10.4. The summed E-state index contributed by atoms with van der Waals surface area (Å²) >= 11 is 3.68. The predicted octanol–water partition coefficient (Wildman–Crippen LogP) is 0.993. The average molecular weight is 330 g/mol. The minimum Gasteiger partial charge on any atom is -0.506 e. The molecule has 0 heterocycles. The average Bonchev–Trinajstić information content (AvgIpc) is 2.50. The number of phenols is 9. The quantitative estimate of drug-likeness (QED) is 0.207. The number of hydrogen-bond acceptors (Lipinski definition) is 10. The highest BCUT2D eigenvalue weighted by atomic mass is 32.1. The lowest BCUT2D eigenvalue weighted by Crippen LogP contribution is -1.88. The highest BCUT2D eigenvalue weighted by molar-refractivity contribution is 7.80. The Morgan fingerprint density at radius 1 is 0.364 bits per heavy atom. The Labute approximate surface area is 127 Å². The number of hydrogen-bond donors (Lipinski definition) is 10. The minimum absolute atomic E-state index is 0.615. The Kier molecular flexibility index (Phi) is 3.34. The molecule has 2 aromatic rings. The summed E-state index contributed by atoms with van der Waals surface area (Å²) in [6.07, 6.45) is 0. The van der Waals surface area contributed by atoms with E-state index >= 15 is 0 Å². The minimum atomic E-state index is -1.25. The molecule has 0 aromatic heterocycles. The van der Waals surface area contributed by atoms with Crippen molar-refractivity contribution < 1.29 is 46.0 Å². The molecule has 0 saturated carbocycles. The predicted molar refractivity (Wildman–Crippen MR) is 74.1 cm³/mol. The fraction of sp³-hybridized carbons (Fsp3) is 0. The number of aromatic hydroxyl groups is 9. The van der Waals surface area contributed by atoms with Crippen LogP contribution in [0.25, 0.3) is 11.1 Å². The van der Waals surface area contributed by atoms with Crippen molar-refractivity contribution in [3.63, 3.8) is 0 Å². The molecule has 0 radical (unpaired) electrons. The Morgan fingerprint density at radius 2 is 0.636 bits per heavy atom. The number of rotatable bonds is 1. The fourth-order valence-electron chi connectivity index (χ4n) is 1.84. The molecule has 0 bridgehead atoms. The third-order valence-corrected chi connectivity index (χ3v) is 3.42. The second kappa shape index (κ2) is 4.77. The van der Waals surface area contributed by atoms with Gasteiger partial charge in [-0.05, 0) is 0 Å². The van der Waals surface area contributed by atoms with Gasteiger partial charge in [-0.15, -0.1) is 12.6 Å². The number of phenolic OH excluding ortho intramolecular Hbond substituents is 9. The van der Waals surface area contributed by atoms with Gasteiger partial charge in [0.1, 0.15) is 5.75 Å². The SMILES string of the molecule is Oc1c(O)c(O)c(-c2c(O)c(O)c(O)c(S)c2O)c(O)c1O. The van der Waals surface area contributed by atoms with Gasteiger partial charge in [0.05, 0.1) is 16.0 Å². The van der Waals surface area contributed by atoms with Gasteiger partial charge in [0, 0.05) is 0 Å². The first kappa shape index (κ1) is 15.4. The normalized spacial score (nSPS) is 10.8. The van der Waals surface area contributed by atoms with Crippen LogP contribution in [0.5, 0.6) is 51.7 Å². The number of thiol groups is 1. The summed E-state index contributed by atoms with van der Waals surface area (Å²) in [4.78, 5) is -0.615. The van der Waals surface area contributed by atoms with Gasteiger partial charge >= 0.3 is 0 Å². The van der Waals surface area contributed by atoms with E-state index in [1.807, 2.05) is 0 Å². The van der Waals surface area contributed by atoms with Crippen LogP contribution in [-0.2, 0) is 0 Å². The molecule has 0 aliphatic carbocycles. The molecule has 118 valence electrons. The van der Waals surface area contributed by atoms with Crippen LogP contribution >= 0.6 is 12.6 Å². The highest BCUT2D eigenvalue weighted by Gasteiger charge is 2.31. The molecule has 2 aromatic carbocycles. The first-order valence-corrected chi connectivity index (χ1v) is 5.93. The first-order valence-electron chi connectivity index (χ1n) is 5.49.